The summed E-state index contributed by atoms with van der Waals surface area (Å²) >= 11 is 0. The minimum absolute atomic E-state index is 0.274. The van der Waals surface area contributed by atoms with Gasteiger partial charge in [0.25, 0.3) is 5.91 Å². The normalized spacial score (nSPS) is 9.95. The molecule has 0 unspecified atom stereocenters. The van der Waals surface area contributed by atoms with Gasteiger partial charge < -0.3 is 10.6 Å². The Bertz CT molecular complexity index is 528. The molecule has 0 aliphatic carbocycles. The molecule has 0 aromatic carbocycles. The predicted molar refractivity (Wildman–Crippen MR) is 69.4 cm³/mol. The van der Waals surface area contributed by atoms with Gasteiger partial charge in [0.1, 0.15) is 17.8 Å². The van der Waals surface area contributed by atoms with Gasteiger partial charge in [0.15, 0.2) is 0 Å². The van der Waals surface area contributed by atoms with Crippen LogP contribution in [0.25, 0.3) is 0 Å². The van der Waals surface area contributed by atoms with E-state index in [4.69, 9.17) is 0 Å². The van der Waals surface area contributed by atoms with Crippen molar-refractivity contribution in [1.82, 2.24) is 25.3 Å². The van der Waals surface area contributed by atoms with Crippen molar-refractivity contribution in [3.63, 3.8) is 0 Å². The molecule has 0 aliphatic rings. The van der Waals surface area contributed by atoms with Crippen LogP contribution in [0.5, 0.6) is 0 Å². The Morgan fingerprint density at radius 1 is 1.26 bits per heavy atom. The van der Waals surface area contributed by atoms with Gasteiger partial charge in [0.2, 0.25) is 0 Å². The number of nitrogens with zero attached hydrogens (tertiary/aromatic N) is 4. The number of hydrogen-bond donors (Lipinski definition) is 2. The molecule has 7 heteroatoms. The topological polar surface area (TPSA) is 92.7 Å². The summed E-state index contributed by atoms with van der Waals surface area (Å²) in [5, 5.41) is 5.72. The summed E-state index contributed by atoms with van der Waals surface area (Å²) in [6, 6.07) is 1.74. The standard InChI is InChI=1S/C12H14N6O/c1-2-14-11-7-15-10(6-16-11)12(19)17-5-9-3-4-13-8-18-9/h3-4,6-8H,2,5H2,1H3,(H,14,16)(H,17,19). The lowest BCUT2D eigenvalue weighted by molar-refractivity contribution is 0.0945. The zero-order valence-corrected chi connectivity index (χ0v) is 10.5. The van der Waals surface area contributed by atoms with Gasteiger partial charge in [-0.1, -0.05) is 0 Å². The molecular formula is C12H14N6O. The van der Waals surface area contributed by atoms with E-state index in [0.29, 0.717) is 12.4 Å². The van der Waals surface area contributed by atoms with Crippen LogP contribution in [0, 0.1) is 0 Å². The number of aromatic nitrogens is 4. The highest BCUT2D eigenvalue weighted by Gasteiger charge is 2.07. The maximum atomic E-state index is 11.8. The minimum atomic E-state index is -0.283. The lowest BCUT2D eigenvalue weighted by atomic mass is 10.3. The SMILES string of the molecule is CCNc1cnc(C(=O)NCc2ccncn2)cn1. The van der Waals surface area contributed by atoms with E-state index < -0.39 is 0 Å². The molecule has 0 saturated heterocycles. The second-order valence-corrected chi connectivity index (χ2v) is 3.70. The third-order valence-electron chi connectivity index (χ3n) is 2.32. The quantitative estimate of drug-likeness (QED) is 0.817. The number of amides is 1. The molecular weight excluding hydrogens is 244 g/mol. The number of carbonyl (C=O) groups excluding carboxylic acids is 1. The van der Waals surface area contributed by atoms with Crippen molar-refractivity contribution in [3.05, 3.63) is 42.4 Å². The number of hydrogen-bond acceptors (Lipinski definition) is 6. The number of anilines is 1. The second-order valence-electron chi connectivity index (χ2n) is 3.70. The Morgan fingerprint density at radius 3 is 2.79 bits per heavy atom. The van der Waals surface area contributed by atoms with Crippen molar-refractivity contribution in [1.29, 1.82) is 0 Å². The molecule has 1 amide bonds. The summed E-state index contributed by atoms with van der Waals surface area (Å²) in [7, 11) is 0. The maximum absolute atomic E-state index is 11.8. The summed E-state index contributed by atoms with van der Waals surface area (Å²) in [4.78, 5) is 27.7. The van der Waals surface area contributed by atoms with Crippen molar-refractivity contribution in [2.75, 3.05) is 11.9 Å². The predicted octanol–water partition coefficient (Wildman–Crippen LogP) is 0.628. The highest BCUT2D eigenvalue weighted by molar-refractivity contribution is 5.91. The molecule has 2 heterocycles. The summed E-state index contributed by atoms with van der Waals surface area (Å²) in [6.45, 7) is 3.05. The molecule has 2 aromatic heterocycles. The number of rotatable bonds is 5. The van der Waals surface area contributed by atoms with Crippen LogP contribution in [-0.2, 0) is 6.54 Å². The number of nitrogens with one attached hydrogen (secondary N) is 2. The van der Waals surface area contributed by atoms with Gasteiger partial charge in [-0.05, 0) is 13.0 Å². The van der Waals surface area contributed by atoms with E-state index >= 15 is 0 Å². The monoisotopic (exact) mass is 258 g/mol. The van der Waals surface area contributed by atoms with Crippen LogP contribution in [0.4, 0.5) is 5.82 Å². The van der Waals surface area contributed by atoms with E-state index in [1.807, 2.05) is 6.92 Å². The van der Waals surface area contributed by atoms with Crippen LogP contribution in [-0.4, -0.2) is 32.4 Å². The van der Waals surface area contributed by atoms with Crippen molar-refractivity contribution >= 4 is 11.7 Å². The van der Waals surface area contributed by atoms with E-state index in [9.17, 15) is 4.79 Å². The third-order valence-corrected chi connectivity index (χ3v) is 2.32. The first kappa shape index (κ1) is 12.9. The molecule has 0 spiro atoms. The van der Waals surface area contributed by atoms with Crippen LogP contribution >= 0.6 is 0 Å². The average molecular weight is 258 g/mol. The first-order chi connectivity index (χ1) is 9.29. The molecule has 0 aliphatic heterocycles. The molecule has 0 atom stereocenters. The summed E-state index contributed by atoms with van der Waals surface area (Å²) in [6.07, 6.45) is 6.03. The van der Waals surface area contributed by atoms with Gasteiger partial charge >= 0.3 is 0 Å². The summed E-state index contributed by atoms with van der Waals surface area (Å²) in [5.41, 5.74) is 1.01. The Balaban J connectivity index is 1.92. The highest BCUT2D eigenvalue weighted by Crippen LogP contribution is 2.01. The lowest BCUT2D eigenvalue weighted by Crippen LogP contribution is -2.24. The summed E-state index contributed by atoms with van der Waals surface area (Å²) in [5.74, 6) is 0.365. The van der Waals surface area contributed by atoms with Gasteiger partial charge in [-0.2, -0.15) is 0 Å². The average Bonchev–Trinajstić information content (AvgIpc) is 2.47. The van der Waals surface area contributed by atoms with Crippen LogP contribution in [0.2, 0.25) is 0 Å². The zero-order chi connectivity index (χ0) is 13.5. The molecule has 7 nitrogen and oxygen atoms in total. The van der Waals surface area contributed by atoms with Crippen molar-refractivity contribution < 1.29 is 4.79 Å². The van der Waals surface area contributed by atoms with E-state index in [0.717, 1.165) is 12.2 Å². The molecule has 2 N–H and O–H groups in total. The number of carbonyl (C=O) groups is 1. The van der Waals surface area contributed by atoms with E-state index in [1.165, 1.54) is 18.7 Å². The molecule has 19 heavy (non-hydrogen) atoms. The lowest BCUT2D eigenvalue weighted by Gasteiger charge is -2.05. The van der Waals surface area contributed by atoms with Crippen LogP contribution in [0.3, 0.4) is 0 Å². The fourth-order valence-electron chi connectivity index (χ4n) is 1.40. The Labute approximate surface area is 110 Å². The molecule has 0 radical (unpaired) electrons. The van der Waals surface area contributed by atoms with E-state index in [2.05, 4.69) is 30.6 Å². The van der Waals surface area contributed by atoms with Gasteiger partial charge in [0.05, 0.1) is 24.6 Å². The first-order valence-corrected chi connectivity index (χ1v) is 5.88. The third kappa shape index (κ3) is 3.70. The molecule has 0 fully saturated rings. The van der Waals surface area contributed by atoms with Gasteiger partial charge in [0, 0.05) is 12.7 Å². The Hall–Kier alpha value is -2.57. The van der Waals surface area contributed by atoms with Gasteiger partial charge in [-0.15, -0.1) is 0 Å². The Morgan fingerprint density at radius 2 is 2.16 bits per heavy atom. The fraction of sp³-hybridized carbons (Fsp3) is 0.250. The zero-order valence-electron chi connectivity index (χ0n) is 10.5. The van der Waals surface area contributed by atoms with Crippen LogP contribution in [0.1, 0.15) is 23.1 Å². The first-order valence-electron chi connectivity index (χ1n) is 5.88. The van der Waals surface area contributed by atoms with Gasteiger partial charge in [-0.25, -0.2) is 19.9 Å². The van der Waals surface area contributed by atoms with Gasteiger partial charge in [-0.3, -0.25) is 4.79 Å². The molecule has 2 aromatic rings. The molecule has 2 rings (SSSR count). The fourth-order valence-corrected chi connectivity index (χ4v) is 1.40. The van der Waals surface area contributed by atoms with Crippen molar-refractivity contribution in [2.24, 2.45) is 0 Å². The van der Waals surface area contributed by atoms with Crippen molar-refractivity contribution in [3.8, 4) is 0 Å². The molecule has 98 valence electrons. The smallest absolute Gasteiger partial charge is 0.271 e. The van der Waals surface area contributed by atoms with Crippen LogP contribution < -0.4 is 10.6 Å². The van der Waals surface area contributed by atoms with E-state index in [1.54, 1.807) is 12.3 Å². The summed E-state index contributed by atoms with van der Waals surface area (Å²) < 4.78 is 0. The van der Waals surface area contributed by atoms with Crippen LogP contribution in [0.15, 0.2) is 31.0 Å². The second kappa shape index (κ2) is 6.39. The van der Waals surface area contributed by atoms with Crippen molar-refractivity contribution in [2.45, 2.75) is 13.5 Å². The molecule has 0 bridgehead atoms. The van der Waals surface area contributed by atoms with E-state index in [-0.39, 0.29) is 11.6 Å². The largest absolute Gasteiger partial charge is 0.369 e. The Kier molecular flexibility index (Phi) is 4.33. The maximum Gasteiger partial charge on any atom is 0.271 e. The molecule has 0 saturated carbocycles. The highest BCUT2D eigenvalue weighted by atomic mass is 16.1. The minimum Gasteiger partial charge on any atom is -0.369 e.